The number of carbonyl (C=O) groups excluding carboxylic acids is 3. The number of hydrogen-bond donors (Lipinski definition) is 0. The van der Waals surface area contributed by atoms with Gasteiger partial charge in [-0.1, -0.05) is 42.6 Å². The normalized spacial score (nSPS) is 20.9. The van der Waals surface area contributed by atoms with Gasteiger partial charge in [0.25, 0.3) is 0 Å². The van der Waals surface area contributed by atoms with Crippen molar-refractivity contribution in [3.63, 3.8) is 0 Å². The van der Waals surface area contributed by atoms with Crippen molar-refractivity contribution in [2.24, 2.45) is 11.8 Å². The average molecular weight is 432 g/mol. The van der Waals surface area contributed by atoms with Gasteiger partial charge < -0.3 is 9.64 Å². The van der Waals surface area contributed by atoms with Crippen molar-refractivity contribution in [1.82, 2.24) is 0 Å². The minimum absolute atomic E-state index is 0.00651. The molecule has 1 aliphatic heterocycles. The van der Waals surface area contributed by atoms with Gasteiger partial charge in [0.15, 0.2) is 6.61 Å². The lowest BCUT2D eigenvalue weighted by atomic mass is 9.78. The molecule has 7 heteroatoms. The maximum atomic E-state index is 13.3. The van der Waals surface area contributed by atoms with Crippen LogP contribution >= 0.6 is 22.9 Å². The Morgan fingerprint density at radius 1 is 1.07 bits per heavy atom. The number of ketones is 1. The van der Waals surface area contributed by atoms with E-state index in [1.54, 1.807) is 12.1 Å². The average Bonchev–Trinajstić information content (AvgIpc) is 3.37. The molecule has 1 fully saturated rings. The molecule has 152 valence electrons. The van der Waals surface area contributed by atoms with E-state index in [4.69, 9.17) is 16.3 Å². The third kappa shape index (κ3) is 4.23. The second-order valence-electron chi connectivity index (χ2n) is 7.50. The summed E-state index contributed by atoms with van der Waals surface area (Å²) in [5, 5.41) is 0. The van der Waals surface area contributed by atoms with Crippen LogP contribution in [0.4, 0.5) is 5.69 Å². The molecule has 0 radical (unpaired) electrons. The number of benzene rings is 1. The van der Waals surface area contributed by atoms with E-state index in [-0.39, 0.29) is 18.3 Å². The molecule has 2 atom stereocenters. The molecule has 0 N–H and O–H groups in total. The number of amides is 1. The highest BCUT2D eigenvalue weighted by Gasteiger charge is 2.40. The molecule has 2 aliphatic rings. The Morgan fingerprint density at radius 2 is 1.83 bits per heavy atom. The number of fused-ring (bicyclic) bond motifs is 1. The summed E-state index contributed by atoms with van der Waals surface area (Å²) in [6.07, 6.45) is 3.92. The first-order chi connectivity index (χ1) is 14.0. The number of thiophene rings is 1. The second-order valence-corrected chi connectivity index (χ2v) is 9.22. The van der Waals surface area contributed by atoms with Crippen molar-refractivity contribution in [3.05, 3.63) is 51.2 Å². The lowest BCUT2D eigenvalue weighted by Gasteiger charge is -2.32. The van der Waals surface area contributed by atoms with E-state index in [1.165, 1.54) is 0 Å². The van der Waals surface area contributed by atoms with Gasteiger partial charge in [0, 0.05) is 12.2 Å². The molecule has 5 nitrogen and oxygen atoms in total. The van der Waals surface area contributed by atoms with Crippen molar-refractivity contribution in [2.45, 2.75) is 32.1 Å². The van der Waals surface area contributed by atoms with Crippen LogP contribution in [-0.2, 0) is 20.7 Å². The first-order valence-corrected chi connectivity index (χ1v) is 11.1. The van der Waals surface area contributed by atoms with Gasteiger partial charge in [-0.15, -0.1) is 11.3 Å². The molecule has 2 aromatic rings. The molecule has 4 rings (SSSR count). The summed E-state index contributed by atoms with van der Waals surface area (Å²) >= 11 is 7.02. The predicted octanol–water partition coefficient (Wildman–Crippen LogP) is 4.52. The fourth-order valence-electron chi connectivity index (χ4n) is 4.25. The molecule has 29 heavy (non-hydrogen) atoms. The van der Waals surface area contributed by atoms with Crippen molar-refractivity contribution < 1.29 is 19.1 Å². The number of anilines is 1. The highest BCUT2D eigenvalue weighted by molar-refractivity contribution is 7.18. The van der Waals surface area contributed by atoms with Gasteiger partial charge in [-0.3, -0.25) is 14.4 Å². The van der Waals surface area contributed by atoms with Crippen LogP contribution in [0.3, 0.4) is 0 Å². The Labute approximate surface area is 178 Å². The maximum absolute atomic E-state index is 13.3. The Balaban J connectivity index is 1.42. The fraction of sp³-hybridized carbons (Fsp3) is 0.409. The number of esters is 1. The van der Waals surface area contributed by atoms with Crippen LogP contribution < -0.4 is 4.90 Å². The third-order valence-corrected chi connectivity index (χ3v) is 7.00. The lowest BCUT2D eigenvalue weighted by Crippen LogP contribution is -2.42. The van der Waals surface area contributed by atoms with E-state index in [0.717, 1.165) is 41.9 Å². The minimum atomic E-state index is -0.497. The van der Waals surface area contributed by atoms with Crippen LogP contribution in [0.25, 0.3) is 0 Å². The summed E-state index contributed by atoms with van der Waals surface area (Å²) in [5.41, 5.74) is 2.11. The van der Waals surface area contributed by atoms with Crippen LogP contribution in [0.5, 0.6) is 0 Å². The van der Waals surface area contributed by atoms with Crippen molar-refractivity contribution in [1.29, 1.82) is 0 Å². The Morgan fingerprint density at radius 3 is 2.59 bits per heavy atom. The summed E-state index contributed by atoms with van der Waals surface area (Å²) in [6.45, 7) is 0.327. The topological polar surface area (TPSA) is 63.7 Å². The maximum Gasteiger partial charge on any atom is 0.310 e. The molecular formula is C22H22ClNO4S. The van der Waals surface area contributed by atoms with Gasteiger partial charge in [-0.25, -0.2) is 0 Å². The predicted molar refractivity (Wildman–Crippen MR) is 113 cm³/mol. The van der Waals surface area contributed by atoms with Crippen LogP contribution in [0.1, 0.15) is 40.9 Å². The van der Waals surface area contributed by atoms with E-state index in [2.05, 4.69) is 0 Å². The monoisotopic (exact) mass is 431 g/mol. The van der Waals surface area contributed by atoms with Gasteiger partial charge >= 0.3 is 5.97 Å². The summed E-state index contributed by atoms with van der Waals surface area (Å²) in [6, 6.07) is 11.2. The number of para-hydroxylation sites is 1. The first kappa shape index (κ1) is 20.1. The molecule has 1 aromatic carbocycles. The van der Waals surface area contributed by atoms with Crippen LogP contribution in [0, 0.1) is 11.8 Å². The van der Waals surface area contributed by atoms with Crippen LogP contribution in [0.2, 0.25) is 4.34 Å². The quantitative estimate of drug-likeness (QED) is 0.515. The fourth-order valence-corrected chi connectivity index (χ4v) is 5.22. The number of ether oxygens (including phenoxy) is 1. The molecule has 2 heterocycles. The number of nitrogens with zero attached hydrogens (tertiary/aromatic N) is 1. The van der Waals surface area contributed by atoms with E-state index in [9.17, 15) is 14.4 Å². The molecule has 1 aliphatic carbocycles. The van der Waals surface area contributed by atoms with Gasteiger partial charge in [0.05, 0.1) is 21.0 Å². The van der Waals surface area contributed by atoms with E-state index in [0.29, 0.717) is 28.6 Å². The minimum Gasteiger partial charge on any atom is -0.457 e. The summed E-state index contributed by atoms with van der Waals surface area (Å²) in [7, 11) is 0. The van der Waals surface area contributed by atoms with Gasteiger partial charge in [0.1, 0.15) is 0 Å². The van der Waals surface area contributed by atoms with Crippen LogP contribution in [-0.4, -0.2) is 30.8 Å². The molecule has 0 spiro atoms. The SMILES string of the molecule is O=C(COC(=O)[C@H]1CCCC[C@H]1C(=O)N1CCc2ccccc21)c1ccc(Cl)s1. The summed E-state index contributed by atoms with van der Waals surface area (Å²) in [5.74, 6) is -1.63. The number of hydrogen-bond acceptors (Lipinski definition) is 5. The Kier molecular flexibility index (Phi) is 6.01. The van der Waals surface area contributed by atoms with E-state index >= 15 is 0 Å². The van der Waals surface area contributed by atoms with Gasteiger partial charge in [-0.2, -0.15) is 0 Å². The Hall–Kier alpha value is -2.18. The number of halogens is 1. The van der Waals surface area contributed by atoms with E-state index < -0.39 is 17.8 Å². The van der Waals surface area contributed by atoms with Gasteiger partial charge in [-0.05, 0) is 43.0 Å². The number of Topliss-reactive ketones (excluding diaryl/α,β-unsaturated/α-hetero) is 1. The van der Waals surface area contributed by atoms with Crippen molar-refractivity contribution in [3.8, 4) is 0 Å². The second kappa shape index (κ2) is 8.67. The number of carbonyl (C=O) groups is 3. The largest absolute Gasteiger partial charge is 0.457 e. The molecule has 1 amide bonds. The summed E-state index contributed by atoms with van der Waals surface area (Å²) < 4.78 is 5.84. The molecule has 0 bridgehead atoms. The zero-order valence-electron chi connectivity index (χ0n) is 15.9. The Bertz CT molecular complexity index is 940. The van der Waals surface area contributed by atoms with Crippen molar-refractivity contribution in [2.75, 3.05) is 18.1 Å². The lowest BCUT2D eigenvalue weighted by molar-refractivity contribution is -0.153. The van der Waals surface area contributed by atoms with Crippen LogP contribution in [0.15, 0.2) is 36.4 Å². The van der Waals surface area contributed by atoms with E-state index in [1.807, 2.05) is 29.2 Å². The first-order valence-electron chi connectivity index (χ1n) is 9.89. The highest BCUT2D eigenvalue weighted by atomic mass is 35.5. The molecule has 0 unspecified atom stereocenters. The molecular weight excluding hydrogens is 410 g/mol. The summed E-state index contributed by atoms with van der Waals surface area (Å²) in [4.78, 5) is 40.5. The van der Waals surface area contributed by atoms with Gasteiger partial charge in [0.2, 0.25) is 11.7 Å². The smallest absolute Gasteiger partial charge is 0.310 e. The number of rotatable bonds is 5. The standard InChI is InChI=1S/C22H22ClNO4S/c23-20-10-9-19(29-20)18(25)13-28-22(27)16-7-3-2-6-15(16)21(26)24-12-11-14-5-1-4-8-17(14)24/h1,4-5,8-10,15-16H,2-3,6-7,11-13H2/t15-,16+/m1/s1. The zero-order valence-corrected chi connectivity index (χ0v) is 17.5. The third-order valence-electron chi connectivity index (χ3n) is 5.73. The molecule has 0 saturated heterocycles. The zero-order chi connectivity index (χ0) is 20.4. The molecule has 1 aromatic heterocycles. The highest BCUT2D eigenvalue weighted by Crippen LogP contribution is 2.36. The molecule has 1 saturated carbocycles. The van der Waals surface area contributed by atoms with Crippen molar-refractivity contribution >= 4 is 46.3 Å².